The normalized spacial score (nSPS) is 19.0. The molecule has 1 aliphatic heterocycles. The summed E-state index contributed by atoms with van der Waals surface area (Å²) in [4.78, 5) is 8.40. The quantitative estimate of drug-likeness (QED) is 0.491. The minimum atomic E-state index is -3.69. The van der Waals surface area contributed by atoms with Crippen molar-refractivity contribution in [3.8, 4) is 0 Å². The van der Waals surface area contributed by atoms with Crippen LogP contribution in [-0.4, -0.2) is 15.0 Å². The van der Waals surface area contributed by atoms with Crippen molar-refractivity contribution in [3.05, 3.63) is 11.2 Å². The monoisotopic (exact) mass is 151 g/mol. The van der Waals surface area contributed by atoms with Gasteiger partial charge >= 0.3 is 0 Å². The number of hydrogen-bond donors (Lipinski definition) is 1. The van der Waals surface area contributed by atoms with Gasteiger partial charge in [-0.05, 0) is 0 Å². The molecule has 1 rings (SSSR count). The molecule has 0 aliphatic carbocycles. The molecule has 0 atom stereocenters. The number of sulfonamides is 1. The predicted octanol–water partition coefficient (Wildman–Crippen LogP) is -0.922. The summed E-state index contributed by atoms with van der Waals surface area (Å²) in [5.74, 6) is 0. The van der Waals surface area contributed by atoms with Gasteiger partial charge in [0.25, 0.3) is 15.1 Å². The van der Waals surface area contributed by atoms with Gasteiger partial charge < -0.3 is 4.89 Å². The molecular formula is C3H5NO4S. The summed E-state index contributed by atoms with van der Waals surface area (Å²) < 4.78 is 20.7. The maximum absolute atomic E-state index is 10.3. The van der Waals surface area contributed by atoms with Crippen molar-refractivity contribution in [2.75, 3.05) is 6.61 Å². The van der Waals surface area contributed by atoms with Gasteiger partial charge in [-0.3, -0.25) is 0 Å². The molecule has 6 heteroatoms. The molecule has 0 aromatic carbocycles. The molecule has 0 saturated carbocycles. The predicted molar refractivity (Wildman–Crippen MR) is 28.2 cm³/mol. The van der Waals surface area contributed by atoms with Crippen LogP contribution in [0.5, 0.6) is 0 Å². The highest BCUT2D eigenvalue weighted by Gasteiger charge is 2.18. The van der Waals surface area contributed by atoms with E-state index < -0.39 is 10.0 Å². The Morgan fingerprint density at radius 2 is 2.33 bits per heavy atom. The summed E-state index contributed by atoms with van der Waals surface area (Å²) in [5.41, 5.74) is 0. The van der Waals surface area contributed by atoms with Crippen LogP contribution >= 0.6 is 0 Å². The molecule has 0 aromatic heterocycles. The standard InChI is InChI=1S/C3H5NO4S/c4-9(5,6)3-1-2-7-8-3/h1H,2H2,(H2,4,5,6). The molecule has 9 heavy (non-hydrogen) atoms. The highest BCUT2D eigenvalue weighted by atomic mass is 32.2. The van der Waals surface area contributed by atoms with Crippen LogP contribution in [0.25, 0.3) is 0 Å². The van der Waals surface area contributed by atoms with Crippen molar-refractivity contribution in [2.24, 2.45) is 5.14 Å². The van der Waals surface area contributed by atoms with E-state index in [4.69, 9.17) is 0 Å². The van der Waals surface area contributed by atoms with E-state index in [0.717, 1.165) is 0 Å². The average Bonchev–Trinajstić information content (AvgIpc) is 2.08. The zero-order valence-electron chi connectivity index (χ0n) is 4.40. The Morgan fingerprint density at radius 3 is 2.56 bits per heavy atom. The highest BCUT2D eigenvalue weighted by molar-refractivity contribution is 7.92. The molecular weight excluding hydrogens is 146 g/mol. The van der Waals surface area contributed by atoms with Gasteiger partial charge in [-0.15, -0.1) is 0 Å². The minimum absolute atomic E-state index is 0.131. The molecule has 1 aliphatic rings. The van der Waals surface area contributed by atoms with Gasteiger partial charge in [0.1, 0.15) is 6.61 Å². The summed E-state index contributed by atoms with van der Waals surface area (Å²) in [6.07, 6.45) is 1.25. The first-order valence-corrected chi connectivity index (χ1v) is 3.68. The molecule has 0 saturated heterocycles. The number of hydrogen-bond acceptors (Lipinski definition) is 4. The number of rotatable bonds is 1. The molecule has 52 valence electrons. The maximum Gasteiger partial charge on any atom is 0.274 e. The second-order valence-electron chi connectivity index (χ2n) is 1.44. The third-order valence-electron chi connectivity index (χ3n) is 0.740. The lowest BCUT2D eigenvalue weighted by molar-refractivity contribution is -0.226. The Hall–Kier alpha value is -0.590. The van der Waals surface area contributed by atoms with Gasteiger partial charge in [-0.2, -0.15) is 4.89 Å². The van der Waals surface area contributed by atoms with Crippen LogP contribution in [0.2, 0.25) is 0 Å². The lowest BCUT2D eigenvalue weighted by atomic mass is 10.7. The van der Waals surface area contributed by atoms with Gasteiger partial charge in [0.2, 0.25) is 0 Å². The van der Waals surface area contributed by atoms with Gasteiger partial charge in [-0.1, -0.05) is 0 Å². The van der Waals surface area contributed by atoms with Crippen LogP contribution in [-0.2, 0) is 19.8 Å². The SMILES string of the molecule is NS(=O)(=O)C1=CCOO1. The van der Waals surface area contributed by atoms with E-state index in [2.05, 4.69) is 14.9 Å². The summed E-state index contributed by atoms with van der Waals surface area (Å²) in [5, 5.41) is 4.32. The van der Waals surface area contributed by atoms with Crippen LogP contribution < -0.4 is 5.14 Å². The summed E-state index contributed by atoms with van der Waals surface area (Å²) >= 11 is 0. The zero-order valence-corrected chi connectivity index (χ0v) is 5.22. The molecule has 0 unspecified atom stereocenters. The van der Waals surface area contributed by atoms with Gasteiger partial charge in [0.15, 0.2) is 0 Å². The smallest absolute Gasteiger partial charge is 0.274 e. The van der Waals surface area contributed by atoms with Crippen molar-refractivity contribution in [2.45, 2.75) is 0 Å². The third-order valence-corrected chi connectivity index (χ3v) is 1.54. The Bertz CT molecular complexity index is 228. The lowest BCUT2D eigenvalue weighted by Crippen LogP contribution is -2.14. The molecule has 0 spiro atoms. The fourth-order valence-corrected chi connectivity index (χ4v) is 0.835. The van der Waals surface area contributed by atoms with Crippen LogP contribution in [0, 0.1) is 0 Å². The van der Waals surface area contributed by atoms with Gasteiger partial charge in [0.05, 0.1) is 0 Å². The van der Waals surface area contributed by atoms with Crippen LogP contribution in [0.3, 0.4) is 0 Å². The van der Waals surface area contributed by atoms with Crippen molar-refractivity contribution < 1.29 is 18.2 Å². The summed E-state index contributed by atoms with van der Waals surface area (Å²) in [6, 6.07) is 0. The van der Waals surface area contributed by atoms with E-state index >= 15 is 0 Å². The second kappa shape index (κ2) is 1.98. The first kappa shape index (κ1) is 6.53. The van der Waals surface area contributed by atoms with E-state index in [1.54, 1.807) is 0 Å². The zero-order chi connectivity index (χ0) is 6.91. The van der Waals surface area contributed by atoms with Gasteiger partial charge in [-0.25, -0.2) is 13.6 Å². The summed E-state index contributed by atoms with van der Waals surface area (Å²) in [7, 11) is -3.69. The molecule has 0 amide bonds. The Balaban J connectivity index is 2.87. The van der Waals surface area contributed by atoms with E-state index in [1.165, 1.54) is 6.08 Å². The highest BCUT2D eigenvalue weighted by Crippen LogP contribution is 2.09. The molecule has 0 fully saturated rings. The van der Waals surface area contributed by atoms with Crippen molar-refractivity contribution in [1.29, 1.82) is 0 Å². The third kappa shape index (κ3) is 1.41. The molecule has 0 aromatic rings. The number of nitrogens with two attached hydrogens (primary N) is 1. The first-order valence-electron chi connectivity index (χ1n) is 2.13. The van der Waals surface area contributed by atoms with Gasteiger partial charge in [0, 0.05) is 6.08 Å². The van der Waals surface area contributed by atoms with E-state index in [-0.39, 0.29) is 11.7 Å². The lowest BCUT2D eigenvalue weighted by Gasteiger charge is -1.94. The molecule has 0 radical (unpaired) electrons. The first-order chi connectivity index (χ1) is 4.11. The fourth-order valence-electron chi connectivity index (χ4n) is 0.392. The van der Waals surface area contributed by atoms with E-state index in [0.29, 0.717) is 0 Å². The summed E-state index contributed by atoms with van der Waals surface area (Å²) in [6.45, 7) is 0.131. The fraction of sp³-hybridized carbons (Fsp3) is 0.333. The maximum atomic E-state index is 10.3. The van der Waals surface area contributed by atoms with Crippen molar-refractivity contribution >= 4 is 10.0 Å². The minimum Gasteiger partial charge on any atom is -0.324 e. The Morgan fingerprint density at radius 1 is 1.67 bits per heavy atom. The largest absolute Gasteiger partial charge is 0.324 e. The molecule has 2 N–H and O–H groups in total. The Kier molecular flexibility index (Phi) is 1.43. The molecule has 5 nitrogen and oxygen atoms in total. The molecule has 1 heterocycles. The topological polar surface area (TPSA) is 78.6 Å². The van der Waals surface area contributed by atoms with Crippen LogP contribution in [0.4, 0.5) is 0 Å². The second-order valence-corrected chi connectivity index (χ2v) is 2.93. The van der Waals surface area contributed by atoms with E-state index in [1.807, 2.05) is 0 Å². The average molecular weight is 151 g/mol. The molecule has 0 bridgehead atoms. The van der Waals surface area contributed by atoms with Crippen molar-refractivity contribution in [1.82, 2.24) is 0 Å². The Labute approximate surface area is 52.0 Å². The van der Waals surface area contributed by atoms with Crippen LogP contribution in [0.15, 0.2) is 11.2 Å². The van der Waals surface area contributed by atoms with E-state index in [9.17, 15) is 8.42 Å². The van der Waals surface area contributed by atoms with Crippen molar-refractivity contribution in [3.63, 3.8) is 0 Å². The number of primary sulfonamides is 1. The van der Waals surface area contributed by atoms with Crippen LogP contribution in [0.1, 0.15) is 0 Å².